The summed E-state index contributed by atoms with van der Waals surface area (Å²) in [5.41, 5.74) is 6.45. The van der Waals surface area contributed by atoms with E-state index in [9.17, 15) is 4.79 Å². The molecule has 0 fully saturated rings. The fourth-order valence-electron chi connectivity index (χ4n) is 1.18. The summed E-state index contributed by atoms with van der Waals surface area (Å²) >= 11 is 0. The van der Waals surface area contributed by atoms with Crippen molar-refractivity contribution < 1.29 is 4.79 Å². The Bertz CT molecular complexity index is 298. The van der Waals surface area contributed by atoms with E-state index in [1.165, 1.54) is 0 Å². The van der Waals surface area contributed by atoms with E-state index < -0.39 is 0 Å². The maximum absolute atomic E-state index is 11.4. The average Bonchev–Trinajstić information content (AvgIpc) is 2.27. The Morgan fingerprint density at radius 2 is 2.00 bits per heavy atom. The predicted octanol–water partition coefficient (Wildman–Crippen LogP) is 2.57. The topological polar surface area (TPSA) is 41.1 Å². The van der Waals surface area contributed by atoms with Crippen LogP contribution >= 0.6 is 0 Å². The van der Waals surface area contributed by atoms with Gasteiger partial charge in [-0.15, -0.1) is 0 Å². The van der Waals surface area contributed by atoms with Gasteiger partial charge in [0.25, 0.3) is 0 Å². The number of anilines is 1. The molecular weight excluding hydrogens is 188 g/mol. The Kier molecular flexibility index (Phi) is 4.68. The van der Waals surface area contributed by atoms with Crippen molar-refractivity contribution in [1.82, 2.24) is 5.43 Å². The summed E-state index contributed by atoms with van der Waals surface area (Å²) < 4.78 is 0. The molecule has 0 saturated heterocycles. The summed E-state index contributed by atoms with van der Waals surface area (Å²) in [4.78, 5) is 11.4. The second-order valence-corrected chi connectivity index (χ2v) is 3.76. The molecule has 82 valence electrons. The lowest BCUT2D eigenvalue weighted by atomic mass is 10.1. The van der Waals surface area contributed by atoms with Gasteiger partial charge in [-0.05, 0) is 18.1 Å². The van der Waals surface area contributed by atoms with E-state index in [2.05, 4.69) is 24.7 Å². The molecule has 3 heteroatoms. The summed E-state index contributed by atoms with van der Waals surface area (Å²) in [6.45, 7) is 4.16. The van der Waals surface area contributed by atoms with Crippen molar-refractivity contribution in [3.63, 3.8) is 0 Å². The number of carbonyl (C=O) groups is 1. The van der Waals surface area contributed by atoms with Crippen LogP contribution in [0.25, 0.3) is 0 Å². The third-order valence-corrected chi connectivity index (χ3v) is 2.35. The number of hydrogen-bond acceptors (Lipinski definition) is 2. The number of hydrogen-bond donors (Lipinski definition) is 2. The normalized spacial score (nSPS) is 11.9. The van der Waals surface area contributed by atoms with Crippen LogP contribution in [0.2, 0.25) is 0 Å². The first-order valence-electron chi connectivity index (χ1n) is 5.32. The van der Waals surface area contributed by atoms with E-state index in [-0.39, 0.29) is 5.91 Å². The molecule has 1 amide bonds. The van der Waals surface area contributed by atoms with Crippen LogP contribution in [0.3, 0.4) is 0 Å². The minimum atomic E-state index is 0.0354. The van der Waals surface area contributed by atoms with E-state index in [4.69, 9.17) is 0 Å². The van der Waals surface area contributed by atoms with Gasteiger partial charge < -0.3 is 0 Å². The quantitative estimate of drug-likeness (QED) is 0.727. The van der Waals surface area contributed by atoms with Crippen molar-refractivity contribution in [1.29, 1.82) is 0 Å². The molecule has 0 bridgehead atoms. The van der Waals surface area contributed by atoms with Crippen LogP contribution in [0.15, 0.2) is 30.3 Å². The molecule has 0 aliphatic carbocycles. The summed E-state index contributed by atoms with van der Waals surface area (Å²) in [6, 6.07) is 9.59. The van der Waals surface area contributed by atoms with Crippen LogP contribution in [0, 0.1) is 5.92 Å². The van der Waals surface area contributed by atoms with Gasteiger partial charge in [-0.1, -0.05) is 38.5 Å². The Labute approximate surface area is 90.9 Å². The molecule has 1 rings (SSSR count). The Morgan fingerprint density at radius 3 is 2.60 bits per heavy atom. The smallest absolute Gasteiger partial charge is 0.238 e. The highest BCUT2D eigenvalue weighted by Gasteiger charge is 2.05. The predicted molar refractivity (Wildman–Crippen MR) is 62.3 cm³/mol. The lowest BCUT2D eigenvalue weighted by Gasteiger charge is -2.10. The lowest BCUT2D eigenvalue weighted by molar-refractivity contribution is -0.121. The van der Waals surface area contributed by atoms with Gasteiger partial charge in [-0.25, -0.2) is 0 Å². The van der Waals surface area contributed by atoms with Crippen LogP contribution in [0.4, 0.5) is 5.69 Å². The third-order valence-electron chi connectivity index (χ3n) is 2.35. The minimum absolute atomic E-state index is 0.0354. The SMILES string of the molecule is CCC(C)CC(=O)NNc1ccccc1. The van der Waals surface area contributed by atoms with Crippen molar-refractivity contribution >= 4 is 11.6 Å². The number of amides is 1. The maximum atomic E-state index is 11.4. The summed E-state index contributed by atoms with van der Waals surface area (Å²) in [5, 5.41) is 0. The molecule has 15 heavy (non-hydrogen) atoms. The van der Waals surface area contributed by atoms with Crippen LogP contribution < -0.4 is 10.9 Å². The van der Waals surface area contributed by atoms with Crippen molar-refractivity contribution in [2.45, 2.75) is 26.7 Å². The number of para-hydroxylation sites is 1. The van der Waals surface area contributed by atoms with E-state index >= 15 is 0 Å². The van der Waals surface area contributed by atoms with E-state index in [0.717, 1.165) is 12.1 Å². The first-order chi connectivity index (χ1) is 7.22. The Hall–Kier alpha value is -1.51. The minimum Gasteiger partial charge on any atom is -0.299 e. The molecule has 0 saturated carbocycles. The summed E-state index contributed by atoms with van der Waals surface area (Å²) in [7, 11) is 0. The maximum Gasteiger partial charge on any atom is 0.238 e. The van der Waals surface area contributed by atoms with Crippen molar-refractivity contribution in [2.75, 3.05) is 5.43 Å². The largest absolute Gasteiger partial charge is 0.299 e. The highest BCUT2D eigenvalue weighted by molar-refractivity contribution is 5.77. The molecule has 0 aliphatic rings. The molecule has 3 nitrogen and oxygen atoms in total. The monoisotopic (exact) mass is 206 g/mol. The Balaban J connectivity index is 2.29. The fraction of sp³-hybridized carbons (Fsp3) is 0.417. The molecule has 0 aromatic heterocycles. The first kappa shape index (κ1) is 11.6. The van der Waals surface area contributed by atoms with Crippen molar-refractivity contribution in [3.05, 3.63) is 30.3 Å². The van der Waals surface area contributed by atoms with Gasteiger partial charge in [0.05, 0.1) is 5.69 Å². The van der Waals surface area contributed by atoms with Crippen LogP contribution in [0.5, 0.6) is 0 Å². The molecule has 1 aromatic rings. The zero-order valence-electron chi connectivity index (χ0n) is 9.29. The van der Waals surface area contributed by atoms with E-state index in [0.29, 0.717) is 12.3 Å². The van der Waals surface area contributed by atoms with Gasteiger partial charge in [0, 0.05) is 6.42 Å². The van der Waals surface area contributed by atoms with Crippen molar-refractivity contribution in [3.8, 4) is 0 Å². The van der Waals surface area contributed by atoms with Gasteiger partial charge in [0.2, 0.25) is 5.91 Å². The third kappa shape index (κ3) is 4.49. The summed E-state index contributed by atoms with van der Waals surface area (Å²) in [6.07, 6.45) is 1.59. The zero-order valence-corrected chi connectivity index (χ0v) is 9.29. The zero-order chi connectivity index (χ0) is 11.1. The van der Waals surface area contributed by atoms with Gasteiger partial charge >= 0.3 is 0 Å². The molecule has 1 aromatic carbocycles. The second kappa shape index (κ2) is 6.06. The number of rotatable bonds is 5. The molecule has 0 heterocycles. The molecule has 2 N–H and O–H groups in total. The molecule has 0 radical (unpaired) electrons. The highest BCUT2D eigenvalue weighted by atomic mass is 16.2. The number of hydrazine groups is 1. The molecule has 0 spiro atoms. The van der Waals surface area contributed by atoms with Crippen LogP contribution in [0.1, 0.15) is 26.7 Å². The molecule has 1 unspecified atom stereocenters. The number of nitrogens with one attached hydrogen (secondary N) is 2. The van der Waals surface area contributed by atoms with Crippen LogP contribution in [-0.4, -0.2) is 5.91 Å². The van der Waals surface area contributed by atoms with E-state index in [1.54, 1.807) is 0 Å². The molecule has 0 aliphatic heterocycles. The lowest BCUT2D eigenvalue weighted by Crippen LogP contribution is -2.30. The van der Waals surface area contributed by atoms with Crippen LogP contribution in [-0.2, 0) is 4.79 Å². The fourth-order valence-corrected chi connectivity index (χ4v) is 1.18. The molecular formula is C12H18N2O. The van der Waals surface area contributed by atoms with E-state index in [1.807, 2.05) is 30.3 Å². The number of carbonyl (C=O) groups excluding carboxylic acids is 1. The van der Waals surface area contributed by atoms with Crippen molar-refractivity contribution in [2.24, 2.45) is 5.92 Å². The van der Waals surface area contributed by atoms with Gasteiger partial charge in [-0.2, -0.15) is 0 Å². The van der Waals surface area contributed by atoms with Gasteiger partial charge in [0.1, 0.15) is 0 Å². The van der Waals surface area contributed by atoms with Gasteiger partial charge in [-0.3, -0.25) is 15.6 Å². The second-order valence-electron chi connectivity index (χ2n) is 3.76. The highest BCUT2D eigenvalue weighted by Crippen LogP contribution is 2.06. The Morgan fingerprint density at radius 1 is 1.33 bits per heavy atom. The first-order valence-corrected chi connectivity index (χ1v) is 5.32. The number of benzene rings is 1. The van der Waals surface area contributed by atoms with Gasteiger partial charge in [0.15, 0.2) is 0 Å². The summed E-state index contributed by atoms with van der Waals surface area (Å²) in [5.74, 6) is 0.468. The standard InChI is InChI=1S/C12H18N2O/c1-3-10(2)9-12(15)14-13-11-7-5-4-6-8-11/h4-8,10,13H,3,9H2,1-2H3,(H,14,15). The average molecular weight is 206 g/mol. The molecule has 1 atom stereocenters.